The van der Waals surface area contributed by atoms with Gasteiger partial charge in [0, 0.05) is 38.1 Å². The summed E-state index contributed by atoms with van der Waals surface area (Å²) in [5, 5.41) is 33.3. The fourth-order valence-electron chi connectivity index (χ4n) is 5.76. The van der Waals surface area contributed by atoms with Crippen LogP contribution in [-0.4, -0.2) is 95.3 Å². The number of nitrogens with one attached hydrogen (secondary N) is 1. The first kappa shape index (κ1) is 26.7. The number of hydrogen-bond acceptors (Lipinski definition) is 8. The van der Waals surface area contributed by atoms with Crippen molar-refractivity contribution in [3.8, 4) is 11.5 Å². The minimum Gasteiger partial charge on any atom is -0.512 e. The van der Waals surface area contributed by atoms with Crippen LogP contribution in [0.15, 0.2) is 30.5 Å². The molecule has 0 saturated carbocycles. The van der Waals surface area contributed by atoms with Crippen molar-refractivity contribution in [3.63, 3.8) is 0 Å². The predicted molar refractivity (Wildman–Crippen MR) is 136 cm³/mol. The van der Waals surface area contributed by atoms with E-state index in [1.54, 1.807) is 7.11 Å². The van der Waals surface area contributed by atoms with E-state index in [1.165, 1.54) is 11.3 Å². The van der Waals surface area contributed by atoms with E-state index in [0.717, 1.165) is 25.1 Å². The van der Waals surface area contributed by atoms with Crippen LogP contribution in [0.25, 0.3) is 0 Å². The van der Waals surface area contributed by atoms with Crippen LogP contribution < -0.4 is 14.8 Å². The van der Waals surface area contributed by atoms with Gasteiger partial charge < -0.3 is 29.7 Å². The number of aliphatic hydroxyl groups is 3. The summed E-state index contributed by atoms with van der Waals surface area (Å²) in [6.07, 6.45) is 1.32. The molecule has 3 saturated heterocycles. The molecule has 2 unspecified atom stereocenters. The Morgan fingerprint density at radius 1 is 1.25 bits per heavy atom. The molecule has 1 aromatic carbocycles. The lowest BCUT2D eigenvalue weighted by atomic mass is 9.75. The molecule has 36 heavy (non-hydrogen) atoms. The first-order valence-electron chi connectivity index (χ1n) is 12.9. The Morgan fingerprint density at radius 2 is 1.97 bits per heavy atom. The SMILES string of the molecule is C=C(O)[C@]1(C)CN(C(=O)[C@@H](O)CO)C[C@H]1c1ccc(OC)c(OC2CN(C3CCC(C(C)C)N3)C2)c1. The molecule has 0 aliphatic carbocycles. The fourth-order valence-corrected chi connectivity index (χ4v) is 5.76. The number of hydrogen-bond donors (Lipinski definition) is 4. The molecule has 0 radical (unpaired) electrons. The molecule has 3 fully saturated rings. The Balaban J connectivity index is 1.47. The van der Waals surface area contributed by atoms with Crippen LogP contribution in [0.3, 0.4) is 0 Å². The van der Waals surface area contributed by atoms with Crippen molar-refractivity contribution in [1.82, 2.24) is 15.1 Å². The molecule has 9 nitrogen and oxygen atoms in total. The Bertz CT molecular complexity index is 965. The number of aliphatic hydroxyl groups excluding tert-OH is 3. The number of carbonyl (C=O) groups excluding carboxylic acids is 1. The topological polar surface area (TPSA) is 115 Å². The molecule has 0 bridgehead atoms. The molecule has 1 aromatic rings. The van der Waals surface area contributed by atoms with E-state index in [9.17, 15) is 20.1 Å². The van der Waals surface area contributed by atoms with Crippen LogP contribution in [0.2, 0.25) is 0 Å². The zero-order chi connectivity index (χ0) is 26.2. The van der Waals surface area contributed by atoms with Crippen molar-refractivity contribution >= 4 is 5.91 Å². The number of benzene rings is 1. The van der Waals surface area contributed by atoms with Crippen LogP contribution in [0, 0.1) is 11.3 Å². The highest BCUT2D eigenvalue weighted by Gasteiger charge is 2.48. The van der Waals surface area contributed by atoms with Crippen molar-refractivity contribution in [3.05, 3.63) is 36.1 Å². The Labute approximate surface area is 213 Å². The van der Waals surface area contributed by atoms with E-state index < -0.39 is 24.0 Å². The number of methoxy groups -OCH3 is 1. The first-order valence-corrected chi connectivity index (χ1v) is 12.9. The maximum absolute atomic E-state index is 12.6. The summed E-state index contributed by atoms with van der Waals surface area (Å²) in [6, 6.07) is 6.25. The Morgan fingerprint density at radius 3 is 2.56 bits per heavy atom. The van der Waals surface area contributed by atoms with Crippen molar-refractivity contribution in [2.45, 2.75) is 63.9 Å². The number of ether oxygens (including phenoxy) is 2. The highest BCUT2D eigenvalue weighted by molar-refractivity contribution is 5.81. The Kier molecular flexibility index (Phi) is 7.85. The van der Waals surface area contributed by atoms with E-state index in [4.69, 9.17) is 9.47 Å². The number of rotatable bonds is 9. The number of amides is 1. The lowest BCUT2D eigenvalue weighted by molar-refractivity contribution is -0.141. The predicted octanol–water partition coefficient (Wildman–Crippen LogP) is 1.85. The van der Waals surface area contributed by atoms with Gasteiger partial charge >= 0.3 is 0 Å². The maximum Gasteiger partial charge on any atom is 0.253 e. The van der Waals surface area contributed by atoms with Crippen molar-refractivity contribution in [2.24, 2.45) is 11.3 Å². The van der Waals surface area contributed by atoms with Crippen molar-refractivity contribution in [2.75, 3.05) is 39.9 Å². The van der Waals surface area contributed by atoms with Gasteiger partial charge in [-0.1, -0.05) is 33.4 Å². The van der Waals surface area contributed by atoms with Crippen molar-refractivity contribution < 1.29 is 29.6 Å². The van der Waals surface area contributed by atoms with Crippen LogP contribution >= 0.6 is 0 Å². The van der Waals surface area contributed by atoms with Gasteiger partial charge in [-0.3, -0.25) is 15.0 Å². The molecule has 200 valence electrons. The molecule has 3 heterocycles. The largest absolute Gasteiger partial charge is 0.512 e. The molecule has 1 amide bonds. The van der Waals surface area contributed by atoms with E-state index >= 15 is 0 Å². The molecule has 4 rings (SSSR count). The van der Waals surface area contributed by atoms with Gasteiger partial charge in [0.05, 0.1) is 31.1 Å². The molecule has 3 aliphatic rings. The summed E-state index contributed by atoms with van der Waals surface area (Å²) < 4.78 is 11.9. The second-order valence-corrected chi connectivity index (χ2v) is 11.0. The molecule has 9 heteroatoms. The third kappa shape index (κ3) is 5.07. The fraction of sp³-hybridized carbons (Fsp3) is 0.667. The summed E-state index contributed by atoms with van der Waals surface area (Å²) in [4.78, 5) is 16.5. The summed E-state index contributed by atoms with van der Waals surface area (Å²) in [7, 11) is 1.61. The van der Waals surface area contributed by atoms with Crippen LogP contribution in [0.4, 0.5) is 0 Å². The van der Waals surface area contributed by atoms with Gasteiger partial charge in [-0.05, 0) is 36.5 Å². The molecule has 4 N–H and O–H groups in total. The molecule has 5 atom stereocenters. The van der Waals surface area contributed by atoms with Crippen LogP contribution in [0.5, 0.6) is 11.5 Å². The third-order valence-electron chi connectivity index (χ3n) is 8.28. The normalized spacial score (nSPS) is 29.9. The van der Waals surface area contributed by atoms with Gasteiger partial charge in [0.15, 0.2) is 17.6 Å². The lowest BCUT2D eigenvalue weighted by Crippen LogP contribution is -2.60. The molecule has 0 spiro atoms. The van der Waals surface area contributed by atoms with Crippen LogP contribution in [-0.2, 0) is 4.79 Å². The Hall–Kier alpha value is -2.33. The second kappa shape index (κ2) is 10.6. The van der Waals surface area contributed by atoms with Gasteiger partial charge in [0.2, 0.25) is 0 Å². The number of likely N-dealkylation sites (tertiary alicyclic amines) is 2. The minimum atomic E-state index is -1.48. The van der Waals surface area contributed by atoms with Gasteiger partial charge in [-0.15, -0.1) is 0 Å². The summed E-state index contributed by atoms with van der Waals surface area (Å²) in [5.41, 5.74) is 0.0659. The second-order valence-electron chi connectivity index (χ2n) is 11.0. The van der Waals surface area contributed by atoms with Gasteiger partial charge in [0.25, 0.3) is 5.91 Å². The molecule has 3 aliphatic heterocycles. The quantitative estimate of drug-likeness (QED) is 0.378. The summed E-state index contributed by atoms with van der Waals surface area (Å²) in [6.45, 7) is 11.6. The minimum absolute atomic E-state index is 0.0297. The monoisotopic (exact) mass is 503 g/mol. The first-order chi connectivity index (χ1) is 17.1. The van der Waals surface area contributed by atoms with E-state index in [2.05, 4.69) is 30.6 Å². The molecule has 0 aromatic heterocycles. The number of carbonyl (C=O) groups is 1. The summed E-state index contributed by atoms with van der Waals surface area (Å²) >= 11 is 0. The zero-order valence-electron chi connectivity index (χ0n) is 21.8. The van der Waals surface area contributed by atoms with Gasteiger partial charge in [-0.25, -0.2) is 0 Å². The molecular formula is C27H41N3O6. The average Bonchev–Trinajstić information content (AvgIpc) is 3.46. The summed E-state index contributed by atoms with van der Waals surface area (Å²) in [5.74, 6) is 1.02. The zero-order valence-corrected chi connectivity index (χ0v) is 21.8. The highest BCUT2D eigenvalue weighted by Crippen LogP contribution is 2.48. The van der Waals surface area contributed by atoms with E-state index in [1.807, 2.05) is 25.1 Å². The van der Waals surface area contributed by atoms with Crippen LogP contribution in [0.1, 0.15) is 45.1 Å². The smallest absolute Gasteiger partial charge is 0.253 e. The van der Waals surface area contributed by atoms with E-state index in [0.29, 0.717) is 29.6 Å². The van der Waals surface area contributed by atoms with Gasteiger partial charge in [0.1, 0.15) is 6.10 Å². The average molecular weight is 504 g/mol. The molecular weight excluding hydrogens is 462 g/mol. The third-order valence-corrected chi connectivity index (χ3v) is 8.28. The van der Waals surface area contributed by atoms with Crippen molar-refractivity contribution in [1.29, 1.82) is 0 Å². The van der Waals surface area contributed by atoms with Gasteiger partial charge in [-0.2, -0.15) is 0 Å². The standard InChI is InChI=1S/C27H41N3O6/c1-16(2)21-7-9-25(28-21)29-11-19(12-29)36-24-10-18(6-8-23(24)35-5)20-13-30(26(34)22(33)14-31)15-27(20,4)17(3)32/h6,8,10,16,19-22,25,28,31-33H,3,7,9,11-15H2,1-2,4-5H3/t20-,21?,22-,25?,27-/m0/s1. The van der Waals surface area contributed by atoms with E-state index in [-0.39, 0.29) is 30.9 Å². The number of nitrogens with zero attached hydrogens (tertiary/aromatic N) is 2. The highest BCUT2D eigenvalue weighted by atomic mass is 16.5. The lowest BCUT2D eigenvalue weighted by Gasteiger charge is -2.43. The maximum atomic E-state index is 12.6.